The van der Waals surface area contributed by atoms with Crippen LogP contribution >= 0.6 is 0 Å². The van der Waals surface area contributed by atoms with Gasteiger partial charge in [-0.15, -0.1) is 0 Å². The smallest absolute Gasteiger partial charge is 0.240 e. The number of benzene rings is 1. The van der Waals surface area contributed by atoms with E-state index in [4.69, 9.17) is 9.26 Å². The van der Waals surface area contributed by atoms with Crippen LogP contribution < -0.4 is 10.1 Å². The maximum Gasteiger partial charge on any atom is 0.240 e. The molecule has 19 heavy (non-hydrogen) atoms. The van der Waals surface area contributed by atoms with E-state index in [1.807, 2.05) is 13.8 Å². The Balaban J connectivity index is 2.18. The van der Waals surface area contributed by atoms with Crippen molar-refractivity contribution in [2.45, 2.75) is 26.4 Å². The molecule has 102 valence electrons. The normalized spacial score (nSPS) is 10.9. The third-order valence-electron chi connectivity index (χ3n) is 2.57. The van der Waals surface area contributed by atoms with Crippen molar-refractivity contribution in [3.63, 3.8) is 0 Å². The van der Waals surface area contributed by atoms with E-state index in [0.29, 0.717) is 30.1 Å². The molecular weight excluding hydrogens is 246 g/mol. The average Bonchev–Trinajstić information content (AvgIpc) is 2.86. The van der Waals surface area contributed by atoms with Gasteiger partial charge in [-0.05, 0) is 18.2 Å². The first kappa shape index (κ1) is 13.4. The number of methoxy groups -OCH3 is 1. The number of nitrogens with one attached hydrogen (secondary N) is 1. The Morgan fingerprint density at radius 3 is 2.89 bits per heavy atom. The number of rotatable bonds is 5. The molecule has 6 nitrogen and oxygen atoms in total. The summed E-state index contributed by atoms with van der Waals surface area (Å²) in [5.74, 6) is 1.45. The summed E-state index contributed by atoms with van der Waals surface area (Å²) in [5.41, 5.74) is 0.731. The second kappa shape index (κ2) is 5.71. The lowest BCUT2D eigenvalue weighted by molar-refractivity contribution is 0.362. The molecule has 0 spiro atoms. The van der Waals surface area contributed by atoms with E-state index in [1.54, 1.807) is 12.1 Å². The Kier molecular flexibility index (Phi) is 4.01. The summed E-state index contributed by atoms with van der Waals surface area (Å²) < 4.78 is 10.2. The number of aromatic nitrogens is 2. The highest BCUT2D eigenvalue weighted by atomic mass is 16.5. The molecule has 1 aromatic heterocycles. The van der Waals surface area contributed by atoms with Crippen LogP contribution in [0.2, 0.25) is 0 Å². The minimum absolute atomic E-state index is 0.0800. The van der Waals surface area contributed by atoms with Gasteiger partial charge in [0.25, 0.3) is 0 Å². The number of aromatic hydroxyl groups is 1. The molecule has 0 saturated heterocycles. The molecule has 1 heterocycles. The second-order valence-electron chi connectivity index (χ2n) is 4.43. The van der Waals surface area contributed by atoms with Gasteiger partial charge < -0.3 is 19.7 Å². The molecule has 0 radical (unpaired) electrons. The maximum atomic E-state index is 9.53. The molecule has 1 aromatic carbocycles. The fourth-order valence-corrected chi connectivity index (χ4v) is 1.55. The molecule has 2 aromatic rings. The summed E-state index contributed by atoms with van der Waals surface area (Å²) >= 11 is 0. The number of hydrogen-bond acceptors (Lipinski definition) is 6. The molecule has 0 aliphatic heterocycles. The maximum absolute atomic E-state index is 9.53. The first-order valence-electron chi connectivity index (χ1n) is 6.03. The van der Waals surface area contributed by atoms with Crippen molar-refractivity contribution in [2.24, 2.45) is 0 Å². The molecule has 0 amide bonds. The Morgan fingerprint density at radius 1 is 1.42 bits per heavy atom. The Hall–Kier alpha value is -2.08. The van der Waals surface area contributed by atoms with Gasteiger partial charge in [-0.2, -0.15) is 4.98 Å². The monoisotopic (exact) mass is 263 g/mol. The fourth-order valence-electron chi connectivity index (χ4n) is 1.55. The van der Waals surface area contributed by atoms with E-state index in [2.05, 4.69) is 15.5 Å². The standard InChI is InChI=1S/C13H17N3O3/c1-8(2)14-7-12-15-13(16-19-12)9-4-5-10(17)11(6-9)18-3/h4-6,8,14,17H,7H2,1-3H3. The number of phenols is 1. The van der Waals surface area contributed by atoms with E-state index < -0.39 is 0 Å². The van der Waals surface area contributed by atoms with E-state index in [1.165, 1.54) is 13.2 Å². The first-order chi connectivity index (χ1) is 9.10. The van der Waals surface area contributed by atoms with Crippen molar-refractivity contribution >= 4 is 0 Å². The summed E-state index contributed by atoms with van der Waals surface area (Å²) in [5, 5.41) is 16.6. The van der Waals surface area contributed by atoms with Crippen LogP contribution in [0.4, 0.5) is 0 Å². The van der Waals surface area contributed by atoms with Crippen LogP contribution in [0.25, 0.3) is 11.4 Å². The molecule has 2 rings (SSSR count). The van der Waals surface area contributed by atoms with Crippen LogP contribution in [0.5, 0.6) is 11.5 Å². The van der Waals surface area contributed by atoms with Crippen LogP contribution in [0.1, 0.15) is 19.7 Å². The number of nitrogens with zero attached hydrogens (tertiary/aromatic N) is 2. The van der Waals surface area contributed by atoms with E-state index in [0.717, 1.165) is 5.56 Å². The molecule has 6 heteroatoms. The van der Waals surface area contributed by atoms with Gasteiger partial charge >= 0.3 is 0 Å². The van der Waals surface area contributed by atoms with Crippen molar-refractivity contribution in [1.29, 1.82) is 0 Å². The lowest BCUT2D eigenvalue weighted by Crippen LogP contribution is -2.21. The highest BCUT2D eigenvalue weighted by Gasteiger charge is 2.11. The van der Waals surface area contributed by atoms with Crippen LogP contribution in [0.15, 0.2) is 22.7 Å². The summed E-state index contributed by atoms with van der Waals surface area (Å²) in [4.78, 5) is 4.28. The highest BCUT2D eigenvalue weighted by molar-refractivity contribution is 5.60. The van der Waals surface area contributed by atoms with Crippen molar-refractivity contribution < 1.29 is 14.4 Å². The summed E-state index contributed by atoms with van der Waals surface area (Å²) in [6, 6.07) is 5.27. The van der Waals surface area contributed by atoms with E-state index in [9.17, 15) is 5.11 Å². The van der Waals surface area contributed by atoms with Gasteiger partial charge in [-0.1, -0.05) is 19.0 Å². The quantitative estimate of drug-likeness (QED) is 0.858. The molecule has 0 atom stereocenters. The average molecular weight is 263 g/mol. The predicted molar refractivity (Wildman–Crippen MR) is 69.9 cm³/mol. The van der Waals surface area contributed by atoms with Crippen molar-refractivity contribution in [3.05, 3.63) is 24.1 Å². The van der Waals surface area contributed by atoms with Crippen molar-refractivity contribution in [1.82, 2.24) is 15.5 Å². The summed E-state index contributed by atoms with van der Waals surface area (Å²) in [6.07, 6.45) is 0. The molecule has 0 saturated carbocycles. The first-order valence-corrected chi connectivity index (χ1v) is 6.03. The number of ether oxygens (including phenoxy) is 1. The van der Waals surface area contributed by atoms with Crippen molar-refractivity contribution in [2.75, 3.05) is 7.11 Å². The zero-order chi connectivity index (χ0) is 13.8. The highest BCUT2D eigenvalue weighted by Crippen LogP contribution is 2.30. The van der Waals surface area contributed by atoms with Crippen LogP contribution in [-0.4, -0.2) is 28.4 Å². The van der Waals surface area contributed by atoms with Gasteiger partial charge in [-0.25, -0.2) is 0 Å². The largest absolute Gasteiger partial charge is 0.504 e. The minimum atomic E-state index is 0.0800. The van der Waals surface area contributed by atoms with Gasteiger partial charge in [0.15, 0.2) is 11.5 Å². The minimum Gasteiger partial charge on any atom is -0.504 e. The zero-order valence-corrected chi connectivity index (χ0v) is 11.2. The third kappa shape index (κ3) is 3.23. The third-order valence-corrected chi connectivity index (χ3v) is 2.57. The molecule has 0 fully saturated rings. The van der Waals surface area contributed by atoms with E-state index >= 15 is 0 Å². The topological polar surface area (TPSA) is 80.4 Å². The summed E-state index contributed by atoms with van der Waals surface area (Å²) in [7, 11) is 1.49. The predicted octanol–water partition coefficient (Wildman–Crippen LogP) is 1.95. The van der Waals surface area contributed by atoms with Gasteiger partial charge in [0, 0.05) is 11.6 Å². The summed E-state index contributed by atoms with van der Waals surface area (Å²) in [6.45, 7) is 4.62. The van der Waals surface area contributed by atoms with Gasteiger partial charge in [0.05, 0.1) is 13.7 Å². The van der Waals surface area contributed by atoms with Gasteiger partial charge in [0.2, 0.25) is 11.7 Å². The zero-order valence-electron chi connectivity index (χ0n) is 11.2. The molecule has 0 bridgehead atoms. The molecule has 0 aliphatic rings. The Bertz CT molecular complexity index is 552. The van der Waals surface area contributed by atoms with Crippen LogP contribution in [0, 0.1) is 0 Å². The fraction of sp³-hybridized carbons (Fsp3) is 0.385. The van der Waals surface area contributed by atoms with Gasteiger partial charge in [0.1, 0.15) is 0 Å². The van der Waals surface area contributed by atoms with E-state index in [-0.39, 0.29) is 5.75 Å². The SMILES string of the molecule is COc1cc(-c2noc(CNC(C)C)n2)ccc1O. The second-order valence-corrected chi connectivity index (χ2v) is 4.43. The van der Waals surface area contributed by atoms with Crippen molar-refractivity contribution in [3.8, 4) is 22.9 Å². The number of hydrogen-bond donors (Lipinski definition) is 2. The Morgan fingerprint density at radius 2 is 2.21 bits per heavy atom. The van der Waals surface area contributed by atoms with Crippen LogP contribution in [-0.2, 0) is 6.54 Å². The van der Waals surface area contributed by atoms with Gasteiger partial charge in [-0.3, -0.25) is 0 Å². The molecule has 0 aliphatic carbocycles. The molecule has 0 unspecified atom stereocenters. The Labute approximate surface area is 111 Å². The lowest BCUT2D eigenvalue weighted by Gasteiger charge is -2.04. The number of phenolic OH excluding ortho intramolecular Hbond substituents is 1. The van der Waals surface area contributed by atoms with Crippen LogP contribution in [0.3, 0.4) is 0 Å². The lowest BCUT2D eigenvalue weighted by atomic mass is 10.2. The molecule has 2 N–H and O–H groups in total. The molecular formula is C13H17N3O3.